The highest BCUT2D eigenvalue weighted by Gasteiger charge is 2.07. The van der Waals surface area contributed by atoms with Gasteiger partial charge in [0.1, 0.15) is 18.5 Å². The van der Waals surface area contributed by atoms with Gasteiger partial charge >= 0.3 is 0 Å². The van der Waals surface area contributed by atoms with Gasteiger partial charge in [-0.05, 0) is 74.5 Å². The van der Waals surface area contributed by atoms with E-state index in [0.717, 1.165) is 54.7 Å². The third-order valence-corrected chi connectivity index (χ3v) is 6.42. The van der Waals surface area contributed by atoms with Crippen molar-refractivity contribution >= 4 is 28.8 Å². The zero-order valence-corrected chi connectivity index (χ0v) is 23.6. The van der Waals surface area contributed by atoms with Crippen LogP contribution in [0.1, 0.15) is 32.8 Å². The van der Waals surface area contributed by atoms with E-state index in [0.29, 0.717) is 6.54 Å². The van der Waals surface area contributed by atoms with Gasteiger partial charge in [0.2, 0.25) is 0 Å². The van der Waals surface area contributed by atoms with Crippen LogP contribution in [0.3, 0.4) is 0 Å². The molecular weight excluding hydrogens is 482 g/mol. The Morgan fingerprint density at radius 2 is 1.77 bits per heavy atom. The number of anilines is 1. The van der Waals surface area contributed by atoms with Gasteiger partial charge in [-0.2, -0.15) is 0 Å². The summed E-state index contributed by atoms with van der Waals surface area (Å²) in [6, 6.07) is 22.8. The van der Waals surface area contributed by atoms with Gasteiger partial charge in [-0.1, -0.05) is 72.8 Å². The fraction of sp³-hybridized carbons (Fsp3) is 0.324. The molecule has 206 valence electrons. The molecule has 0 aliphatic carbocycles. The van der Waals surface area contributed by atoms with Crippen LogP contribution >= 0.6 is 0 Å². The number of aliphatic imine (C=N–C) groups is 1. The van der Waals surface area contributed by atoms with E-state index in [4.69, 9.17) is 4.74 Å². The summed E-state index contributed by atoms with van der Waals surface area (Å²) in [5.41, 5.74) is 3.53. The van der Waals surface area contributed by atoms with Crippen molar-refractivity contribution in [3.05, 3.63) is 102 Å². The van der Waals surface area contributed by atoms with Gasteiger partial charge in [-0.3, -0.25) is 4.99 Å². The monoisotopic (exact) mass is 525 g/mol. The summed E-state index contributed by atoms with van der Waals surface area (Å²) < 4.78 is 5.87. The summed E-state index contributed by atoms with van der Waals surface area (Å²) in [6.07, 6.45) is 12.6. The van der Waals surface area contributed by atoms with Gasteiger partial charge in [-0.25, -0.2) is 0 Å². The number of aliphatic hydroxyl groups is 1. The maximum Gasteiger partial charge on any atom is 0.127 e. The van der Waals surface area contributed by atoms with Crippen molar-refractivity contribution in [2.75, 3.05) is 44.2 Å². The number of rotatable bonds is 16. The molecule has 0 saturated heterocycles. The molecule has 0 heterocycles. The standard InChI is InChI=1S/C34H43N3O2/c1-4-11-28(16-17-29-18-20-31(21-19-29)37(5-2)6-3)22-25-35-23-10-24-36-26-32(38)27-39-34-15-9-13-30-12-7-8-14-33(30)34/h4,7-9,11-22,25,32,36,38H,5-6,10,23-24,26-27H2,1-3H3/b11-4-,17-16?,28-22+,35-25+. The zero-order valence-electron chi connectivity index (χ0n) is 23.6. The fourth-order valence-electron chi connectivity index (χ4n) is 4.28. The lowest BCUT2D eigenvalue weighted by atomic mass is 10.1. The van der Waals surface area contributed by atoms with Crippen LogP contribution < -0.4 is 15.0 Å². The Morgan fingerprint density at radius 3 is 2.54 bits per heavy atom. The zero-order chi connectivity index (χ0) is 27.7. The molecule has 39 heavy (non-hydrogen) atoms. The molecule has 3 rings (SSSR count). The van der Waals surface area contributed by atoms with Crippen molar-refractivity contribution in [2.24, 2.45) is 4.99 Å². The minimum atomic E-state index is -0.570. The van der Waals surface area contributed by atoms with Crippen molar-refractivity contribution in [1.82, 2.24) is 5.32 Å². The van der Waals surface area contributed by atoms with E-state index in [1.165, 1.54) is 11.3 Å². The molecule has 0 fully saturated rings. The average molecular weight is 526 g/mol. The van der Waals surface area contributed by atoms with Gasteiger partial charge in [0.05, 0.1) is 0 Å². The summed E-state index contributed by atoms with van der Waals surface area (Å²) in [5, 5.41) is 15.8. The number of aliphatic hydroxyl groups excluding tert-OH is 1. The van der Waals surface area contributed by atoms with Crippen molar-refractivity contribution in [2.45, 2.75) is 33.3 Å². The second-order valence-electron chi connectivity index (χ2n) is 9.32. The number of hydrogen-bond donors (Lipinski definition) is 2. The molecule has 0 aliphatic rings. The van der Waals surface area contributed by atoms with Crippen LogP contribution in [0.2, 0.25) is 0 Å². The van der Waals surface area contributed by atoms with Crippen molar-refractivity contribution in [3.63, 3.8) is 0 Å². The average Bonchev–Trinajstić information content (AvgIpc) is 2.97. The normalized spacial score (nSPS) is 13.2. The molecule has 0 aliphatic heterocycles. The first-order valence-corrected chi connectivity index (χ1v) is 14.0. The quantitative estimate of drug-likeness (QED) is 0.124. The highest BCUT2D eigenvalue weighted by atomic mass is 16.5. The Labute approximate surface area is 234 Å². The second-order valence-corrected chi connectivity index (χ2v) is 9.32. The first kappa shape index (κ1) is 29.9. The SMILES string of the molecule is C\C=C/C(C=Cc1ccc(N(CC)CC)cc1)=C\C=N\CCCNCC(O)COc1cccc2ccccc12. The Morgan fingerprint density at radius 1 is 1.00 bits per heavy atom. The fourth-order valence-corrected chi connectivity index (χ4v) is 4.28. The summed E-state index contributed by atoms with van der Waals surface area (Å²) in [4.78, 5) is 6.86. The first-order valence-electron chi connectivity index (χ1n) is 14.0. The maximum absolute atomic E-state index is 10.3. The molecule has 2 N–H and O–H groups in total. The molecular formula is C34H43N3O2. The number of ether oxygens (including phenoxy) is 1. The Bertz CT molecular complexity index is 1240. The summed E-state index contributed by atoms with van der Waals surface area (Å²) in [6.45, 7) is 10.7. The largest absolute Gasteiger partial charge is 0.490 e. The predicted octanol–water partition coefficient (Wildman–Crippen LogP) is 6.69. The number of benzene rings is 3. The highest BCUT2D eigenvalue weighted by molar-refractivity contribution is 5.88. The molecule has 0 bridgehead atoms. The molecule has 1 unspecified atom stereocenters. The summed E-state index contributed by atoms with van der Waals surface area (Å²) >= 11 is 0. The van der Waals surface area contributed by atoms with E-state index in [2.05, 4.69) is 83.7 Å². The smallest absolute Gasteiger partial charge is 0.127 e. The van der Waals surface area contributed by atoms with Crippen LogP contribution in [-0.2, 0) is 0 Å². The molecule has 5 heteroatoms. The van der Waals surface area contributed by atoms with Gasteiger partial charge in [0.15, 0.2) is 0 Å². The Balaban J connectivity index is 1.35. The molecule has 1 atom stereocenters. The molecule has 5 nitrogen and oxygen atoms in total. The Kier molecular flexibility index (Phi) is 13.0. The molecule has 3 aromatic carbocycles. The molecule has 3 aromatic rings. The van der Waals surface area contributed by atoms with Crippen LogP contribution in [0.15, 0.2) is 102 Å². The van der Waals surface area contributed by atoms with E-state index in [-0.39, 0.29) is 6.61 Å². The van der Waals surface area contributed by atoms with Gasteiger partial charge in [0, 0.05) is 43.5 Å². The Hall–Kier alpha value is -3.67. The minimum absolute atomic E-state index is 0.255. The van der Waals surface area contributed by atoms with Crippen LogP contribution in [0.5, 0.6) is 5.75 Å². The third kappa shape index (κ3) is 10.2. The molecule has 0 saturated carbocycles. The van der Waals surface area contributed by atoms with Crippen LogP contribution in [0.4, 0.5) is 5.69 Å². The van der Waals surface area contributed by atoms with Crippen molar-refractivity contribution < 1.29 is 9.84 Å². The van der Waals surface area contributed by atoms with Gasteiger partial charge < -0.3 is 20.1 Å². The minimum Gasteiger partial charge on any atom is -0.490 e. The predicted molar refractivity (Wildman–Crippen MR) is 168 cm³/mol. The van der Waals surface area contributed by atoms with Crippen LogP contribution in [0, 0.1) is 0 Å². The highest BCUT2D eigenvalue weighted by Crippen LogP contribution is 2.25. The molecule has 0 aromatic heterocycles. The number of allylic oxidation sites excluding steroid dienone is 5. The molecule has 0 amide bonds. The molecule has 0 radical (unpaired) electrons. The lowest BCUT2D eigenvalue weighted by Gasteiger charge is -2.20. The van der Waals surface area contributed by atoms with E-state index in [1.54, 1.807) is 0 Å². The second kappa shape index (κ2) is 17.0. The van der Waals surface area contributed by atoms with Crippen LogP contribution in [-0.4, -0.2) is 56.8 Å². The maximum atomic E-state index is 10.3. The first-order chi connectivity index (χ1) is 19.1. The lowest BCUT2D eigenvalue weighted by molar-refractivity contribution is 0.107. The van der Waals surface area contributed by atoms with Crippen molar-refractivity contribution in [1.29, 1.82) is 0 Å². The van der Waals surface area contributed by atoms with Crippen LogP contribution in [0.25, 0.3) is 16.8 Å². The summed E-state index contributed by atoms with van der Waals surface area (Å²) in [5.74, 6) is 0.801. The number of nitrogens with one attached hydrogen (secondary N) is 1. The lowest BCUT2D eigenvalue weighted by Crippen LogP contribution is -2.32. The van der Waals surface area contributed by atoms with E-state index in [9.17, 15) is 5.11 Å². The third-order valence-electron chi connectivity index (χ3n) is 6.42. The van der Waals surface area contributed by atoms with Gasteiger partial charge in [-0.15, -0.1) is 0 Å². The van der Waals surface area contributed by atoms with Gasteiger partial charge in [0.25, 0.3) is 0 Å². The number of hydrogen-bond acceptors (Lipinski definition) is 5. The topological polar surface area (TPSA) is 57.1 Å². The van der Waals surface area contributed by atoms with E-state index >= 15 is 0 Å². The summed E-state index contributed by atoms with van der Waals surface area (Å²) in [7, 11) is 0. The number of nitrogens with zero attached hydrogens (tertiary/aromatic N) is 2. The number of fused-ring (bicyclic) bond motifs is 1. The van der Waals surface area contributed by atoms with Crippen molar-refractivity contribution in [3.8, 4) is 5.75 Å². The van der Waals surface area contributed by atoms with E-state index < -0.39 is 6.10 Å². The molecule has 0 spiro atoms. The van der Waals surface area contributed by atoms with E-state index in [1.807, 2.05) is 55.6 Å².